The number of aromatic nitrogens is 4. The summed E-state index contributed by atoms with van der Waals surface area (Å²) in [5.74, 6) is 0.962. The first-order valence-electron chi connectivity index (χ1n) is 8.23. The minimum Gasteiger partial charge on any atom is -0.491 e. The first-order chi connectivity index (χ1) is 12.9. The lowest BCUT2D eigenvalue weighted by Crippen LogP contribution is -2.02. The molecule has 0 radical (unpaired) electrons. The Balaban J connectivity index is 1.58. The van der Waals surface area contributed by atoms with Crippen LogP contribution in [-0.4, -0.2) is 27.2 Å². The van der Waals surface area contributed by atoms with Gasteiger partial charge in [0.25, 0.3) is 0 Å². The van der Waals surface area contributed by atoms with Crippen LogP contribution in [0.5, 0.6) is 5.75 Å². The maximum absolute atomic E-state index is 9.22. The summed E-state index contributed by atoms with van der Waals surface area (Å²) in [6, 6.07) is 19.9. The average Bonchev–Trinajstić information content (AvgIpc) is 3.22. The molecule has 7 nitrogen and oxygen atoms in total. The normalized spacial score (nSPS) is 11.0. The van der Waals surface area contributed by atoms with Crippen molar-refractivity contribution in [3.05, 3.63) is 72.2 Å². The number of hydrogen-bond donors (Lipinski definition) is 2. The third kappa shape index (κ3) is 4.68. The third-order valence-electron chi connectivity index (χ3n) is 3.68. The Kier molecular flexibility index (Phi) is 5.94. The molecule has 7 heteroatoms. The van der Waals surface area contributed by atoms with Gasteiger partial charge in [0.15, 0.2) is 0 Å². The molecule has 0 fully saturated rings. The highest BCUT2D eigenvalue weighted by molar-refractivity contribution is 5.74. The largest absolute Gasteiger partial charge is 0.491 e. The van der Waals surface area contributed by atoms with Crippen LogP contribution in [0, 0.1) is 11.3 Å². The molecule has 0 saturated heterocycles. The van der Waals surface area contributed by atoms with Crippen LogP contribution in [-0.2, 0) is 6.42 Å². The standard InChI is InChI=1S/C19H18N6O/c20-13-16(19-22-24-25-23-19)14-21-17-10-4-5-11-18(17)26-12-6-9-15-7-2-1-3-8-15/h1-5,7-8,10-11,14,21H,6,9,12H2,(H,22,23,24,25). The molecular weight excluding hydrogens is 328 g/mol. The van der Waals surface area contributed by atoms with Crippen LogP contribution in [0.3, 0.4) is 0 Å². The number of rotatable bonds is 8. The lowest BCUT2D eigenvalue weighted by Gasteiger charge is -2.11. The molecule has 0 amide bonds. The molecule has 0 atom stereocenters. The van der Waals surface area contributed by atoms with Crippen LogP contribution in [0.2, 0.25) is 0 Å². The van der Waals surface area contributed by atoms with Crippen LogP contribution < -0.4 is 10.1 Å². The predicted molar refractivity (Wildman–Crippen MR) is 98.1 cm³/mol. The van der Waals surface area contributed by atoms with Crippen molar-refractivity contribution in [2.24, 2.45) is 0 Å². The Morgan fingerprint density at radius 3 is 2.73 bits per heavy atom. The van der Waals surface area contributed by atoms with Gasteiger partial charge in [0.05, 0.1) is 12.3 Å². The van der Waals surface area contributed by atoms with Gasteiger partial charge in [-0.05, 0) is 35.8 Å². The molecule has 2 aromatic carbocycles. The van der Waals surface area contributed by atoms with E-state index in [0.29, 0.717) is 6.61 Å². The summed E-state index contributed by atoms with van der Waals surface area (Å²) in [4.78, 5) is 0. The van der Waals surface area contributed by atoms with Gasteiger partial charge in [-0.3, -0.25) is 0 Å². The van der Waals surface area contributed by atoms with Gasteiger partial charge >= 0.3 is 0 Å². The van der Waals surface area contributed by atoms with Crippen molar-refractivity contribution in [3.63, 3.8) is 0 Å². The SMILES string of the molecule is N#CC(=CNc1ccccc1OCCCc1ccccc1)c1nn[nH]n1. The molecule has 0 bridgehead atoms. The number of para-hydroxylation sites is 2. The second-order valence-corrected chi connectivity index (χ2v) is 5.48. The van der Waals surface area contributed by atoms with Gasteiger partial charge < -0.3 is 10.1 Å². The van der Waals surface area contributed by atoms with E-state index in [1.807, 2.05) is 48.5 Å². The van der Waals surface area contributed by atoms with Crippen LogP contribution in [0.25, 0.3) is 5.57 Å². The van der Waals surface area contributed by atoms with E-state index in [1.54, 1.807) is 0 Å². The van der Waals surface area contributed by atoms with E-state index < -0.39 is 0 Å². The van der Waals surface area contributed by atoms with Gasteiger partial charge in [-0.15, -0.1) is 10.2 Å². The molecule has 0 aliphatic rings. The summed E-state index contributed by atoms with van der Waals surface area (Å²) < 4.78 is 5.89. The van der Waals surface area contributed by atoms with Crippen molar-refractivity contribution in [1.29, 1.82) is 5.26 Å². The highest BCUT2D eigenvalue weighted by Gasteiger charge is 2.07. The van der Waals surface area contributed by atoms with Crippen molar-refractivity contribution in [2.45, 2.75) is 12.8 Å². The number of ether oxygens (including phenoxy) is 1. The zero-order valence-electron chi connectivity index (χ0n) is 14.1. The van der Waals surface area contributed by atoms with E-state index in [0.717, 1.165) is 24.3 Å². The lowest BCUT2D eigenvalue weighted by atomic mass is 10.1. The van der Waals surface area contributed by atoms with Crippen LogP contribution >= 0.6 is 0 Å². The first kappa shape index (κ1) is 17.2. The van der Waals surface area contributed by atoms with Gasteiger partial charge in [0, 0.05) is 6.20 Å². The number of nitrogens with zero attached hydrogens (tertiary/aromatic N) is 4. The monoisotopic (exact) mass is 346 g/mol. The fraction of sp³-hybridized carbons (Fsp3) is 0.158. The third-order valence-corrected chi connectivity index (χ3v) is 3.68. The smallest absolute Gasteiger partial charge is 0.216 e. The zero-order chi connectivity index (χ0) is 18.0. The highest BCUT2D eigenvalue weighted by atomic mass is 16.5. The summed E-state index contributed by atoms with van der Waals surface area (Å²) in [6.07, 6.45) is 3.42. The summed E-state index contributed by atoms with van der Waals surface area (Å²) in [7, 11) is 0. The molecule has 26 heavy (non-hydrogen) atoms. The van der Waals surface area contributed by atoms with Gasteiger partial charge in [-0.1, -0.05) is 42.5 Å². The maximum Gasteiger partial charge on any atom is 0.216 e. The number of nitrogens with one attached hydrogen (secondary N) is 2. The quantitative estimate of drug-likeness (QED) is 0.480. The topological polar surface area (TPSA) is 99.5 Å². The summed E-state index contributed by atoms with van der Waals surface area (Å²) in [5, 5.41) is 25.7. The molecule has 1 heterocycles. The van der Waals surface area contributed by atoms with E-state index in [9.17, 15) is 5.26 Å². The molecule has 3 rings (SSSR count). The zero-order valence-corrected chi connectivity index (χ0v) is 14.1. The molecule has 0 saturated carbocycles. The Hall–Kier alpha value is -3.66. The number of aromatic amines is 1. The molecule has 0 aliphatic heterocycles. The number of tetrazole rings is 1. The Labute approximate surface area is 151 Å². The van der Waals surface area contributed by atoms with E-state index in [2.05, 4.69) is 38.1 Å². The number of hydrogen-bond acceptors (Lipinski definition) is 6. The molecule has 0 unspecified atom stereocenters. The summed E-state index contributed by atoms with van der Waals surface area (Å²) >= 11 is 0. The summed E-state index contributed by atoms with van der Waals surface area (Å²) in [6.45, 7) is 0.604. The van der Waals surface area contributed by atoms with Crippen molar-refractivity contribution in [1.82, 2.24) is 20.6 Å². The second kappa shape index (κ2) is 8.99. The number of nitriles is 1. The summed E-state index contributed by atoms with van der Waals surface area (Å²) in [5.41, 5.74) is 2.34. The Bertz CT molecular complexity index is 884. The molecule has 0 aliphatic carbocycles. The number of allylic oxidation sites excluding steroid dienone is 1. The van der Waals surface area contributed by atoms with Crippen molar-refractivity contribution in [2.75, 3.05) is 11.9 Å². The average molecular weight is 346 g/mol. The fourth-order valence-electron chi connectivity index (χ4n) is 2.39. The Morgan fingerprint density at radius 1 is 1.15 bits per heavy atom. The van der Waals surface area contributed by atoms with Gasteiger partial charge in [0.2, 0.25) is 5.82 Å². The Morgan fingerprint density at radius 2 is 1.96 bits per heavy atom. The molecule has 2 N–H and O–H groups in total. The van der Waals surface area contributed by atoms with Crippen molar-refractivity contribution < 1.29 is 4.74 Å². The highest BCUT2D eigenvalue weighted by Crippen LogP contribution is 2.24. The number of anilines is 1. The van der Waals surface area contributed by atoms with Crippen LogP contribution in [0.15, 0.2) is 60.8 Å². The first-order valence-corrected chi connectivity index (χ1v) is 8.23. The van der Waals surface area contributed by atoms with E-state index >= 15 is 0 Å². The van der Waals surface area contributed by atoms with Crippen LogP contribution in [0.1, 0.15) is 17.8 Å². The van der Waals surface area contributed by atoms with E-state index in [4.69, 9.17) is 4.74 Å². The van der Waals surface area contributed by atoms with Gasteiger partial charge in [-0.2, -0.15) is 10.5 Å². The van der Waals surface area contributed by atoms with E-state index in [1.165, 1.54) is 11.8 Å². The molecule has 3 aromatic rings. The predicted octanol–water partition coefficient (Wildman–Crippen LogP) is 3.19. The number of aryl methyl sites for hydroxylation is 1. The molecule has 130 valence electrons. The van der Waals surface area contributed by atoms with Crippen molar-refractivity contribution in [3.8, 4) is 11.8 Å². The van der Waals surface area contributed by atoms with Gasteiger partial charge in [0.1, 0.15) is 17.4 Å². The second-order valence-electron chi connectivity index (χ2n) is 5.48. The number of H-pyrrole nitrogens is 1. The maximum atomic E-state index is 9.22. The van der Waals surface area contributed by atoms with Gasteiger partial charge in [-0.25, -0.2) is 0 Å². The molecule has 0 spiro atoms. The lowest BCUT2D eigenvalue weighted by molar-refractivity contribution is 0.312. The minimum atomic E-state index is 0.237. The van der Waals surface area contributed by atoms with E-state index in [-0.39, 0.29) is 11.4 Å². The molecule has 1 aromatic heterocycles. The van der Waals surface area contributed by atoms with Crippen molar-refractivity contribution >= 4 is 11.3 Å². The fourth-order valence-corrected chi connectivity index (χ4v) is 2.39. The molecular formula is C19H18N6O. The van der Waals surface area contributed by atoms with Crippen LogP contribution in [0.4, 0.5) is 5.69 Å². The number of benzene rings is 2. The minimum absolute atomic E-state index is 0.237.